The Hall–Kier alpha value is -3.68. The average Bonchev–Trinajstić information content (AvgIpc) is 3.62. The van der Waals surface area contributed by atoms with Crippen molar-refractivity contribution in [3.63, 3.8) is 0 Å². The van der Waals surface area contributed by atoms with E-state index in [1.54, 1.807) is 24.7 Å². The summed E-state index contributed by atoms with van der Waals surface area (Å²) in [6.07, 6.45) is 7.15. The van der Waals surface area contributed by atoms with Gasteiger partial charge in [-0.05, 0) is 43.7 Å². The molecule has 0 spiro atoms. The number of ether oxygens (including phenoxy) is 1. The first-order valence-electron chi connectivity index (χ1n) is 13.7. The van der Waals surface area contributed by atoms with Gasteiger partial charge in [-0.2, -0.15) is 0 Å². The highest BCUT2D eigenvalue weighted by molar-refractivity contribution is 7.92. The first-order valence-corrected chi connectivity index (χ1v) is 15.3. The minimum Gasteiger partial charge on any atom is -0.377 e. The lowest BCUT2D eigenvalue weighted by Crippen LogP contribution is -2.46. The molecule has 1 N–H and O–H groups in total. The number of nitrogens with zero attached hydrogens (tertiary/aromatic N) is 6. The van der Waals surface area contributed by atoms with Gasteiger partial charge in [0.05, 0.1) is 28.6 Å². The van der Waals surface area contributed by atoms with Gasteiger partial charge in [-0.3, -0.25) is 4.72 Å². The lowest BCUT2D eigenvalue weighted by atomic mass is 10.1. The van der Waals surface area contributed by atoms with Gasteiger partial charge in [0.15, 0.2) is 5.82 Å². The van der Waals surface area contributed by atoms with Crippen LogP contribution in [0.5, 0.6) is 0 Å². The Labute approximate surface area is 237 Å². The van der Waals surface area contributed by atoms with Gasteiger partial charge in [-0.1, -0.05) is 6.92 Å². The normalized spacial score (nSPS) is 18.3. The zero-order valence-corrected chi connectivity index (χ0v) is 23.4. The zero-order chi connectivity index (χ0) is 28.6. The van der Waals surface area contributed by atoms with E-state index < -0.39 is 33.4 Å². The van der Waals surface area contributed by atoms with Gasteiger partial charge in [0.2, 0.25) is 10.0 Å². The number of halogens is 2. The van der Waals surface area contributed by atoms with Crippen molar-refractivity contribution in [3.05, 3.63) is 60.8 Å². The van der Waals surface area contributed by atoms with Gasteiger partial charge < -0.3 is 19.1 Å². The third-order valence-corrected chi connectivity index (χ3v) is 8.99. The number of rotatable bonds is 8. The van der Waals surface area contributed by atoms with Gasteiger partial charge in [-0.25, -0.2) is 32.2 Å². The maximum absolute atomic E-state index is 16.0. The van der Waals surface area contributed by atoms with Crippen LogP contribution in [0.25, 0.3) is 27.8 Å². The third kappa shape index (κ3) is 5.61. The highest BCUT2D eigenvalue weighted by Crippen LogP contribution is 2.35. The molecule has 1 unspecified atom stereocenters. The molecule has 0 bridgehead atoms. The van der Waals surface area contributed by atoms with Crippen molar-refractivity contribution in [1.82, 2.24) is 24.4 Å². The van der Waals surface area contributed by atoms with Crippen LogP contribution in [0.1, 0.15) is 19.8 Å². The second-order valence-corrected chi connectivity index (χ2v) is 12.0. The minimum absolute atomic E-state index is 0.303. The predicted octanol–water partition coefficient (Wildman–Crippen LogP) is 3.82. The van der Waals surface area contributed by atoms with Crippen molar-refractivity contribution in [1.29, 1.82) is 0 Å². The summed E-state index contributed by atoms with van der Waals surface area (Å²) in [5.41, 5.74) is 1.45. The molecule has 2 aliphatic heterocycles. The van der Waals surface area contributed by atoms with Crippen molar-refractivity contribution in [3.8, 4) is 16.8 Å². The van der Waals surface area contributed by atoms with Crippen LogP contribution in [-0.4, -0.2) is 84.0 Å². The number of piperazine rings is 1. The SMILES string of the molecule is CCN1CCN(c2ccc3c(n2)c(-c2cncnc2)cn3-c2c(F)ccc(NS(=O)(=O)CC3CCCO3)c2F)CC1. The molecule has 2 saturated heterocycles. The summed E-state index contributed by atoms with van der Waals surface area (Å²) >= 11 is 0. The molecule has 0 radical (unpaired) electrons. The molecule has 0 aliphatic carbocycles. The predicted molar refractivity (Wildman–Crippen MR) is 153 cm³/mol. The number of benzene rings is 1. The van der Waals surface area contributed by atoms with Crippen LogP contribution in [-0.2, 0) is 14.8 Å². The number of hydrogen-bond acceptors (Lipinski definition) is 8. The molecule has 13 heteroatoms. The summed E-state index contributed by atoms with van der Waals surface area (Å²) in [6.45, 7) is 7.09. The minimum atomic E-state index is -3.94. The van der Waals surface area contributed by atoms with E-state index in [0.717, 1.165) is 57.1 Å². The Balaban J connectivity index is 1.42. The zero-order valence-electron chi connectivity index (χ0n) is 22.6. The van der Waals surface area contributed by atoms with E-state index in [9.17, 15) is 8.42 Å². The maximum atomic E-state index is 16.0. The Morgan fingerprint density at radius 1 is 1.07 bits per heavy atom. The number of aromatic nitrogens is 4. The van der Waals surface area contributed by atoms with Crippen molar-refractivity contribution >= 4 is 32.6 Å². The summed E-state index contributed by atoms with van der Waals surface area (Å²) in [4.78, 5) is 17.7. The van der Waals surface area contributed by atoms with Gasteiger partial charge in [0.1, 0.15) is 23.6 Å². The molecule has 41 heavy (non-hydrogen) atoms. The fourth-order valence-corrected chi connectivity index (χ4v) is 6.80. The van der Waals surface area contributed by atoms with E-state index in [-0.39, 0.29) is 11.4 Å². The van der Waals surface area contributed by atoms with E-state index >= 15 is 8.78 Å². The molecular formula is C28H31F2N7O3S. The number of nitrogens with one attached hydrogen (secondary N) is 1. The molecular weight excluding hydrogens is 552 g/mol. The van der Waals surface area contributed by atoms with E-state index in [1.165, 1.54) is 10.9 Å². The van der Waals surface area contributed by atoms with Crippen LogP contribution in [0, 0.1) is 11.6 Å². The van der Waals surface area contributed by atoms with Crippen LogP contribution >= 0.6 is 0 Å². The molecule has 0 saturated carbocycles. The molecule has 10 nitrogen and oxygen atoms in total. The molecule has 0 amide bonds. The first kappa shape index (κ1) is 27.5. The van der Waals surface area contributed by atoms with E-state index in [1.807, 2.05) is 6.07 Å². The fourth-order valence-electron chi connectivity index (χ4n) is 5.47. The highest BCUT2D eigenvalue weighted by atomic mass is 32.2. The van der Waals surface area contributed by atoms with E-state index in [0.29, 0.717) is 35.2 Å². The largest absolute Gasteiger partial charge is 0.377 e. The second kappa shape index (κ2) is 11.3. The fraction of sp³-hybridized carbons (Fsp3) is 0.393. The Bertz CT molecular complexity index is 1650. The molecule has 216 valence electrons. The van der Waals surface area contributed by atoms with E-state index in [4.69, 9.17) is 9.72 Å². The van der Waals surface area contributed by atoms with Gasteiger partial charge >= 0.3 is 0 Å². The van der Waals surface area contributed by atoms with Gasteiger partial charge in [0.25, 0.3) is 0 Å². The van der Waals surface area contributed by atoms with Gasteiger partial charge in [0, 0.05) is 62.5 Å². The second-order valence-electron chi connectivity index (χ2n) is 10.3. The lowest BCUT2D eigenvalue weighted by Gasteiger charge is -2.34. The molecule has 3 aromatic heterocycles. The highest BCUT2D eigenvalue weighted by Gasteiger charge is 2.27. The van der Waals surface area contributed by atoms with Crippen molar-refractivity contribution < 1.29 is 21.9 Å². The molecule has 4 aromatic rings. The number of likely N-dealkylation sites (N-methyl/N-ethyl adjacent to an activating group) is 1. The molecule has 1 aromatic carbocycles. The summed E-state index contributed by atoms with van der Waals surface area (Å²) in [6, 6.07) is 5.76. The van der Waals surface area contributed by atoms with Crippen LogP contribution in [0.4, 0.5) is 20.3 Å². The number of sulfonamides is 1. The van der Waals surface area contributed by atoms with Crippen LogP contribution in [0.2, 0.25) is 0 Å². The van der Waals surface area contributed by atoms with E-state index in [2.05, 4.69) is 31.4 Å². The summed E-state index contributed by atoms with van der Waals surface area (Å²) < 4.78 is 65.9. The molecule has 2 aliphatic rings. The summed E-state index contributed by atoms with van der Waals surface area (Å²) in [5.74, 6) is -1.42. The maximum Gasteiger partial charge on any atom is 0.235 e. The average molecular weight is 584 g/mol. The number of anilines is 2. The number of fused-ring (bicyclic) bond motifs is 1. The number of hydrogen-bond donors (Lipinski definition) is 1. The van der Waals surface area contributed by atoms with Gasteiger partial charge in [-0.15, -0.1) is 0 Å². The van der Waals surface area contributed by atoms with Crippen molar-refractivity contribution in [2.45, 2.75) is 25.9 Å². The smallest absolute Gasteiger partial charge is 0.235 e. The topological polar surface area (TPSA) is 105 Å². The van der Waals surface area contributed by atoms with Crippen LogP contribution in [0.15, 0.2) is 49.2 Å². The Morgan fingerprint density at radius 3 is 2.56 bits per heavy atom. The Kier molecular flexibility index (Phi) is 7.58. The van der Waals surface area contributed by atoms with Crippen molar-refractivity contribution in [2.75, 3.05) is 54.7 Å². The standard InChI is InChI=1S/C28H31F2N7O3S/c1-2-35-9-11-36(12-10-35)25-8-7-24-27(33-25)21(19-14-31-18-32-15-19)16-37(24)28-22(29)5-6-23(26(28)30)34-41(38,39)17-20-4-3-13-40-20/h5-8,14-16,18,20,34H,2-4,9-13,17H2,1H3. The quantitative estimate of drug-likeness (QED) is 0.334. The third-order valence-electron chi connectivity index (χ3n) is 7.65. The monoisotopic (exact) mass is 583 g/mol. The Morgan fingerprint density at radius 2 is 1.85 bits per heavy atom. The lowest BCUT2D eigenvalue weighted by molar-refractivity contribution is 0.127. The van der Waals surface area contributed by atoms with Crippen molar-refractivity contribution in [2.24, 2.45) is 0 Å². The molecule has 2 fully saturated rings. The molecule has 5 heterocycles. The molecule has 6 rings (SSSR count). The van der Waals surface area contributed by atoms with Crippen LogP contribution in [0.3, 0.4) is 0 Å². The van der Waals surface area contributed by atoms with Crippen LogP contribution < -0.4 is 9.62 Å². The summed E-state index contributed by atoms with van der Waals surface area (Å²) in [5, 5.41) is 0. The first-order chi connectivity index (χ1) is 19.8. The summed E-state index contributed by atoms with van der Waals surface area (Å²) in [7, 11) is -3.94. The molecule has 1 atom stereocenters. The number of pyridine rings is 1.